The Hall–Kier alpha value is -1.45. The molecule has 1 aliphatic rings. The van der Waals surface area contributed by atoms with Gasteiger partial charge in [0.2, 0.25) is 10.0 Å². The minimum atomic E-state index is -3.91. The molecule has 2 heterocycles. The number of rotatable bonds is 6. The molecular formula is C13H21N3O5S. The van der Waals surface area contributed by atoms with Gasteiger partial charge in [-0.1, -0.05) is 13.8 Å². The number of sulfonamides is 1. The van der Waals surface area contributed by atoms with E-state index in [1.54, 1.807) is 18.5 Å². The van der Waals surface area contributed by atoms with Crippen LogP contribution in [0.15, 0.2) is 17.3 Å². The van der Waals surface area contributed by atoms with Crippen molar-refractivity contribution in [3.63, 3.8) is 0 Å². The first-order valence-corrected chi connectivity index (χ1v) is 8.66. The number of nitrogens with zero attached hydrogens (tertiary/aromatic N) is 2. The first-order valence-electron chi connectivity index (χ1n) is 7.18. The Bertz CT molecular complexity index is 619. The van der Waals surface area contributed by atoms with E-state index < -0.39 is 22.0 Å². The van der Waals surface area contributed by atoms with Crippen molar-refractivity contribution in [1.82, 2.24) is 14.5 Å². The van der Waals surface area contributed by atoms with E-state index in [1.807, 2.05) is 0 Å². The predicted molar refractivity (Wildman–Crippen MR) is 77.9 cm³/mol. The number of carbonyl (C=O) groups is 1. The average Bonchev–Trinajstić information content (AvgIpc) is 2.96. The van der Waals surface area contributed by atoms with Gasteiger partial charge in [0, 0.05) is 19.4 Å². The third-order valence-corrected chi connectivity index (χ3v) is 5.06. The summed E-state index contributed by atoms with van der Waals surface area (Å²) in [4.78, 5) is 11.1. The maximum absolute atomic E-state index is 12.3. The van der Waals surface area contributed by atoms with Gasteiger partial charge in [-0.2, -0.15) is 9.82 Å². The van der Waals surface area contributed by atoms with Crippen LogP contribution in [0, 0.1) is 5.92 Å². The molecule has 0 aromatic carbocycles. The van der Waals surface area contributed by atoms with Crippen molar-refractivity contribution in [2.75, 3.05) is 13.2 Å². The van der Waals surface area contributed by atoms with E-state index in [-0.39, 0.29) is 16.9 Å². The number of aromatic nitrogens is 2. The lowest BCUT2D eigenvalue weighted by atomic mass is 10.1. The highest BCUT2D eigenvalue weighted by molar-refractivity contribution is 7.89. The Balaban J connectivity index is 2.15. The summed E-state index contributed by atoms with van der Waals surface area (Å²) < 4.78 is 33.7. The smallest absolute Gasteiger partial charge is 0.322 e. The number of hydrogen-bond acceptors (Lipinski definition) is 5. The molecular weight excluding hydrogens is 310 g/mol. The van der Waals surface area contributed by atoms with E-state index in [0.717, 1.165) is 12.8 Å². The van der Waals surface area contributed by atoms with E-state index >= 15 is 0 Å². The third-order valence-electron chi connectivity index (χ3n) is 3.67. The highest BCUT2D eigenvalue weighted by Gasteiger charge is 2.29. The number of nitrogens with one attached hydrogen (secondary N) is 1. The molecule has 8 nitrogen and oxygen atoms in total. The Morgan fingerprint density at radius 1 is 1.45 bits per heavy atom. The van der Waals surface area contributed by atoms with Gasteiger partial charge >= 0.3 is 5.97 Å². The molecule has 2 rings (SSSR count). The minimum Gasteiger partial charge on any atom is -0.480 e. The molecule has 0 amide bonds. The molecule has 1 atom stereocenters. The van der Waals surface area contributed by atoms with Crippen LogP contribution in [-0.4, -0.2) is 48.5 Å². The minimum absolute atomic E-state index is 0.0223. The zero-order chi connectivity index (χ0) is 16.3. The molecule has 124 valence electrons. The first-order chi connectivity index (χ1) is 10.3. The summed E-state index contributed by atoms with van der Waals surface area (Å²) in [5, 5.41) is 13.2. The molecule has 0 unspecified atom stereocenters. The monoisotopic (exact) mass is 331 g/mol. The lowest BCUT2D eigenvalue weighted by molar-refractivity contribution is -0.140. The van der Waals surface area contributed by atoms with Crippen molar-refractivity contribution in [2.24, 2.45) is 5.92 Å². The molecule has 1 saturated heterocycles. The third kappa shape index (κ3) is 3.84. The van der Waals surface area contributed by atoms with E-state index in [0.29, 0.717) is 13.2 Å². The van der Waals surface area contributed by atoms with Gasteiger partial charge in [-0.25, -0.2) is 8.42 Å². The van der Waals surface area contributed by atoms with Gasteiger partial charge in [0.05, 0.1) is 12.2 Å². The summed E-state index contributed by atoms with van der Waals surface area (Å²) >= 11 is 0. The number of carboxylic acid groups (broad SMARTS) is 1. The summed E-state index contributed by atoms with van der Waals surface area (Å²) in [6.45, 7) is 4.54. The molecule has 0 aliphatic carbocycles. The lowest BCUT2D eigenvalue weighted by Crippen LogP contribution is -2.44. The van der Waals surface area contributed by atoms with Crippen LogP contribution in [0.3, 0.4) is 0 Å². The molecule has 0 spiro atoms. The van der Waals surface area contributed by atoms with Gasteiger partial charge in [0.25, 0.3) is 0 Å². The Morgan fingerprint density at radius 3 is 2.64 bits per heavy atom. The highest BCUT2D eigenvalue weighted by atomic mass is 32.2. The number of ether oxygens (including phenoxy) is 1. The second kappa shape index (κ2) is 6.76. The highest BCUT2D eigenvalue weighted by Crippen LogP contribution is 2.21. The van der Waals surface area contributed by atoms with Crippen molar-refractivity contribution in [3.05, 3.63) is 12.4 Å². The normalized spacial score (nSPS) is 18.5. The van der Waals surface area contributed by atoms with Crippen molar-refractivity contribution in [3.8, 4) is 0 Å². The summed E-state index contributed by atoms with van der Waals surface area (Å²) in [5.41, 5.74) is 0. The van der Waals surface area contributed by atoms with Gasteiger partial charge in [0.1, 0.15) is 10.9 Å². The fourth-order valence-electron chi connectivity index (χ4n) is 2.32. The fourth-order valence-corrected chi connectivity index (χ4v) is 3.59. The topological polar surface area (TPSA) is 111 Å². The molecule has 2 N–H and O–H groups in total. The number of hydrogen-bond donors (Lipinski definition) is 2. The zero-order valence-corrected chi connectivity index (χ0v) is 13.4. The van der Waals surface area contributed by atoms with Crippen molar-refractivity contribution < 1.29 is 23.1 Å². The predicted octanol–water partition coefficient (Wildman–Crippen LogP) is 0.622. The summed E-state index contributed by atoms with van der Waals surface area (Å²) in [7, 11) is -3.91. The van der Waals surface area contributed by atoms with E-state index in [1.165, 1.54) is 12.4 Å². The van der Waals surface area contributed by atoms with Crippen LogP contribution in [0.25, 0.3) is 0 Å². The first kappa shape index (κ1) is 16.9. The summed E-state index contributed by atoms with van der Waals surface area (Å²) in [5.74, 6) is -1.56. The second-order valence-corrected chi connectivity index (χ2v) is 7.39. The molecule has 1 aliphatic heterocycles. The van der Waals surface area contributed by atoms with E-state index in [9.17, 15) is 13.2 Å². The maximum atomic E-state index is 12.3. The van der Waals surface area contributed by atoms with Gasteiger partial charge in [-0.3, -0.25) is 9.48 Å². The van der Waals surface area contributed by atoms with Gasteiger partial charge in [-0.05, 0) is 18.8 Å². The standard InChI is InChI=1S/C13H21N3O5S/c1-9(2)12(13(17)18)15-22(19,20)11-7-14-16(8-11)10-3-5-21-6-4-10/h7-10,12,15H,3-6H2,1-2H3,(H,17,18)/t12-/m1/s1. The van der Waals surface area contributed by atoms with E-state index in [4.69, 9.17) is 9.84 Å². The molecule has 1 aromatic heterocycles. The molecule has 1 aromatic rings. The SMILES string of the molecule is CC(C)[C@@H](NS(=O)(=O)c1cnn(C2CCOCC2)c1)C(=O)O. The lowest BCUT2D eigenvalue weighted by Gasteiger charge is -2.22. The van der Waals surface area contributed by atoms with Crippen LogP contribution in [0.5, 0.6) is 0 Å². The second-order valence-electron chi connectivity index (χ2n) is 5.68. The number of aliphatic carboxylic acids is 1. The molecule has 1 fully saturated rings. The molecule has 9 heteroatoms. The van der Waals surface area contributed by atoms with Crippen molar-refractivity contribution in [2.45, 2.75) is 43.7 Å². The Labute approximate surface area is 129 Å². The maximum Gasteiger partial charge on any atom is 0.322 e. The van der Waals surface area contributed by atoms with Crippen LogP contribution in [0.4, 0.5) is 0 Å². The Morgan fingerprint density at radius 2 is 2.09 bits per heavy atom. The average molecular weight is 331 g/mol. The van der Waals surface area contributed by atoms with Gasteiger partial charge in [0.15, 0.2) is 0 Å². The van der Waals surface area contributed by atoms with Gasteiger partial charge < -0.3 is 9.84 Å². The van der Waals surface area contributed by atoms with Crippen LogP contribution in [-0.2, 0) is 19.6 Å². The zero-order valence-electron chi connectivity index (χ0n) is 12.6. The van der Waals surface area contributed by atoms with Crippen molar-refractivity contribution >= 4 is 16.0 Å². The van der Waals surface area contributed by atoms with Crippen LogP contribution >= 0.6 is 0 Å². The number of carboxylic acids is 1. The van der Waals surface area contributed by atoms with E-state index in [2.05, 4.69) is 9.82 Å². The largest absolute Gasteiger partial charge is 0.480 e. The summed E-state index contributed by atoms with van der Waals surface area (Å²) in [6, 6.07) is -1.06. The molecule has 22 heavy (non-hydrogen) atoms. The fraction of sp³-hybridized carbons (Fsp3) is 0.692. The molecule has 0 radical (unpaired) electrons. The molecule has 0 bridgehead atoms. The van der Waals surface area contributed by atoms with Crippen LogP contribution in [0.1, 0.15) is 32.7 Å². The molecule has 0 saturated carbocycles. The van der Waals surface area contributed by atoms with Crippen LogP contribution in [0.2, 0.25) is 0 Å². The Kier molecular flexibility index (Phi) is 5.20. The quantitative estimate of drug-likeness (QED) is 0.791. The van der Waals surface area contributed by atoms with Crippen LogP contribution < -0.4 is 4.72 Å². The summed E-state index contributed by atoms with van der Waals surface area (Å²) in [6.07, 6.45) is 4.24. The van der Waals surface area contributed by atoms with Crippen molar-refractivity contribution in [1.29, 1.82) is 0 Å². The van der Waals surface area contributed by atoms with Gasteiger partial charge in [-0.15, -0.1) is 0 Å².